The Bertz CT molecular complexity index is 455. The molecule has 0 aliphatic carbocycles. The minimum Gasteiger partial charge on any atom is -0.360 e. The lowest BCUT2D eigenvalue weighted by molar-refractivity contribution is 0.399. The van der Waals surface area contributed by atoms with Gasteiger partial charge in [-0.05, 0) is 31.5 Å². The zero-order valence-corrected chi connectivity index (χ0v) is 10.6. The summed E-state index contributed by atoms with van der Waals surface area (Å²) in [6, 6.07) is 4.71. The van der Waals surface area contributed by atoms with E-state index in [1.807, 2.05) is 12.3 Å². The van der Waals surface area contributed by atoms with Crippen molar-refractivity contribution >= 4 is 11.3 Å². The average Bonchev–Trinajstić information content (AvgIpc) is 3.00. The number of rotatable bonds is 3. The number of aromatic amines is 1. The van der Waals surface area contributed by atoms with Crippen molar-refractivity contribution in [1.29, 1.82) is 0 Å². The predicted molar refractivity (Wildman–Crippen MR) is 71.2 cm³/mol. The Labute approximate surface area is 105 Å². The highest BCUT2D eigenvalue weighted by Gasteiger charge is 2.15. The van der Waals surface area contributed by atoms with Crippen LogP contribution < -0.4 is 5.32 Å². The Morgan fingerprint density at radius 3 is 3.18 bits per heavy atom. The van der Waals surface area contributed by atoms with Gasteiger partial charge < -0.3 is 10.3 Å². The molecule has 3 nitrogen and oxygen atoms in total. The minimum absolute atomic E-state index is 0.631. The van der Waals surface area contributed by atoms with Gasteiger partial charge in [-0.2, -0.15) is 0 Å². The van der Waals surface area contributed by atoms with E-state index in [1.54, 1.807) is 11.3 Å². The number of thiazole rings is 1. The number of aromatic nitrogens is 2. The number of hydrogen-bond donors (Lipinski definition) is 2. The fraction of sp³-hybridized carbons (Fsp3) is 0.462. The molecule has 4 heteroatoms. The lowest BCUT2D eigenvalue weighted by Gasteiger charge is -2.22. The molecule has 2 N–H and O–H groups in total. The highest BCUT2D eigenvalue weighted by Crippen LogP contribution is 2.22. The summed E-state index contributed by atoms with van der Waals surface area (Å²) in [7, 11) is 0. The van der Waals surface area contributed by atoms with Crippen LogP contribution in [0.2, 0.25) is 0 Å². The zero-order valence-electron chi connectivity index (χ0n) is 9.78. The van der Waals surface area contributed by atoms with Crippen LogP contribution in [0.5, 0.6) is 0 Å². The molecule has 2 aromatic heterocycles. The lowest BCUT2D eigenvalue weighted by Crippen LogP contribution is -2.35. The summed E-state index contributed by atoms with van der Waals surface area (Å²) < 4.78 is 0. The second kappa shape index (κ2) is 5.02. The number of H-pyrrole nitrogens is 1. The lowest BCUT2D eigenvalue weighted by atomic mass is 10.0. The van der Waals surface area contributed by atoms with Crippen LogP contribution in [-0.4, -0.2) is 22.6 Å². The second-order valence-corrected chi connectivity index (χ2v) is 5.50. The molecule has 2 aromatic rings. The van der Waals surface area contributed by atoms with Crippen LogP contribution in [0.3, 0.4) is 0 Å². The van der Waals surface area contributed by atoms with Crippen LogP contribution in [0, 0.1) is 0 Å². The van der Waals surface area contributed by atoms with Gasteiger partial charge in [-0.3, -0.25) is 0 Å². The summed E-state index contributed by atoms with van der Waals surface area (Å²) in [5.41, 5.74) is 2.19. The van der Waals surface area contributed by atoms with E-state index in [4.69, 9.17) is 4.98 Å². The molecule has 0 saturated carbocycles. The van der Waals surface area contributed by atoms with E-state index in [-0.39, 0.29) is 0 Å². The van der Waals surface area contributed by atoms with Gasteiger partial charge in [-0.1, -0.05) is 6.42 Å². The third kappa shape index (κ3) is 2.58. The first kappa shape index (κ1) is 11.0. The molecule has 0 radical (unpaired) electrons. The van der Waals surface area contributed by atoms with Gasteiger partial charge in [-0.15, -0.1) is 11.3 Å². The smallest absolute Gasteiger partial charge is 0.0976 e. The van der Waals surface area contributed by atoms with Crippen molar-refractivity contribution in [3.05, 3.63) is 28.7 Å². The molecule has 0 amide bonds. The number of nitrogens with one attached hydrogen (secondary N) is 2. The monoisotopic (exact) mass is 247 g/mol. The number of piperidine rings is 1. The highest BCUT2D eigenvalue weighted by atomic mass is 32.1. The van der Waals surface area contributed by atoms with E-state index in [0.29, 0.717) is 6.04 Å². The summed E-state index contributed by atoms with van der Waals surface area (Å²) in [6.45, 7) is 1.17. The molecule has 1 saturated heterocycles. The first-order valence-electron chi connectivity index (χ1n) is 6.23. The first-order valence-corrected chi connectivity index (χ1v) is 7.11. The van der Waals surface area contributed by atoms with E-state index in [2.05, 4.69) is 21.7 Å². The van der Waals surface area contributed by atoms with Crippen LogP contribution in [0.15, 0.2) is 23.7 Å². The van der Waals surface area contributed by atoms with Crippen molar-refractivity contribution in [2.24, 2.45) is 0 Å². The molecule has 1 unspecified atom stereocenters. The maximum Gasteiger partial charge on any atom is 0.0976 e. The summed E-state index contributed by atoms with van der Waals surface area (Å²) in [6.07, 6.45) is 6.98. The van der Waals surface area contributed by atoms with E-state index >= 15 is 0 Å². The average molecular weight is 247 g/mol. The fourth-order valence-corrected chi connectivity index (χ4v) is 3.20. The minimum atomic E-state index is 0.631. The molecule has 90 valence electrons. The number of hydrogen-bond acceptors (Lipinski definition) is 3. The van der Waals surface area contributed by atoms with Gasteiger partial charge >= 0.3 is 0 Å². The molecule has 1 fully saturated rings. The fourth-order valence-electron chi connectivity index (χ4n) is 2.33. The maximum absolute atomic E-state index is 4.69. The molecule has 1 aliphatic heterocycles. The number of nitrogens with zero attached hydrogens (tertiary/aromatic N) is 1. The molecular formula is C13H17N3S. The third-order valence-corrected chi connectivity index (χ3v) is 4.13. The summed E-state index contributed by atoms with van der Waals surface area (Å²) in [5.74, 6) is 0. The quantitative estimate of drug-likeness (QED) is 0.875. The topological polar surface area (TPSA) is 40.7 Å². The SMILES string of the molecule is c1c[nH]c(-c2csc(CC3CCCCN3)n2)c1. The van der Waals surface area contributed by atoms with Crippen molar-refractivity contribution in [1.82, 2.24) is 15.3 Å². The molecule has 1 aliphatic rings. The van der Waals surface area contributed by atoms with Gasteiger partial charge in [0.1, 0.15) is 0 Å². The van der Waals surface area contributed by atoms with Crippen molar-refractivity contribution in [2.45, 2.75) is 31.7 Å². The summed E-state index contributed by atoms with van der Waals surface area (Å²) in [5, 5.41) is 6.96. The standard InChI is InChI=1S/C13H17N3S/c1-2-6-14-10(4-1)8-13-16-12(9-17-13)11-5-3-7-15-11/h3,5,7,9-10,14-15H,1-2,4,6,8H2. The van der Waals surface area contributed by atoms with Gasteiger partial charge in [-0.25, -0.2) is 4.98 Å². The van der Waals surface area contributed by atoms with E-state index in [0.717, 1.165) is 17.8 Å². The Kier molecular flexibility index (Phi) is 3.25. The van der Waals surface area contributed by atoms with E-state index in [1.165, 1.54) is 30.8 Å². The van der Waals surface area contributed by atoms with Gasteiger partial charge in [0, 0.05) is 24.0 Å². The molecule has 1 atom stereocenters. The van der Waals surface area contributed by atoms with Crippen LogP contribution in [0.4, 0.5) is 0 Å². The van der Waals surface area contributed by atoms with Crippen molar-refractivity contribution in [2.75, 3.05) is 6.54 Å². The molecule has 0 bridgehead atoms. The molecule has 3 heterocycles. The van der Waals surface area contributed by atoms with Gasteiger partial charge in [0.05, 0.1) is 16.4 Å². The van der Waals surface area contributed by atoms with Crippen molar-refractivity contribution < 1.29 is 0 Å². The van der Waals surface area contributed by atoms with Gasteiger partial charge in [0.15, 0.2) is 0 Å². The summed E-state index contributed by atoms with van der Waals surface area (Å²) >= 11 is 1.77. The molecule has 17 heavy (non-hydrogen) atoms. The van der Waals surface area contributed by atoms with Crippen LogP contribution in [0.1, 0.15) is 24.3 Å². The summed E-state index contributed by atoms with van der Waals surface area (Å²) in [4.78, 5) is 7.89. The maximum atomic E-state index is 4.69. The molecular weight excluding hydrogens is 230 g/mol. The van der Waals surface area contributed by atoms with Crippen LogP contribution in [-0.2, 0) is 6.42 Å². The van der Waals surface area contributed by atoms with E-state index in [9.17, 15) is 0 Å². The first-order chi connectivity index (χ1) is 8.42. The predicted octanol–water partition coefficient (Wildman–Crippen LogP) is 2.82. The Morgan fingerprint density at radius 2 is 2.41 bits per heavy atom. The molecule has 3 rings (SSSR count). The third-order valence-electron chi connectivity index (χ3n) is 3.26. The Balaban J connectivity index is 1.68. The van der Waals surface area contributed by atoms with Crippen molar-refractivity contribution in [3.8, 4) is 11.4 Å². The Morgan fingerprint density at radius 1 is 1.41 bits per heavy atom. The second-order valence-electron chi connectivity index (χ2n) is 4.56. The van der Waals surface area contributed by atoms with Crippen molar-refractivity contribution in [3.63, 3.8) is 0 Å². The van der Waals surface area contributed by atoms with Gasteiger partial charge in [0.2, 0.25) is 0 Å². The molecule has 0 spiro atoms. The zero-order chi connectivity index (χ0) is 11.5. The van der Waals surface area contributed by atoms with Crippen LogP contribution >= 0.6 is 11.3 Å². The Hall–Kier alpha value is -1.13. The normalized spacial score (nSPS) is 20.6. The highest BCUT2D eigenvalue weighted by molar-refractivity contribution is 7.09. The largest absolute Gasteiger partial charge is 0.360 e. The van der Waals surface area contributed by atoms with Crippen LogP contribution in [0.25, 0.3) is 11.4 Å². The van der Waals surface area contributed by atoms with E-state index < -0.39 is 0 Å². The molecule has 0 aromatic carbocycles. The van der Waals surface area contributed by atoms with Gasteiger partial charge in [0.25, 0.3) is 0 Å².